The van der Waals surface area contributed by atoms with Crippen LogP contribution in [0.5, 0.6) is 0 Å². The van der Waals surface area contributed by atoms with E-state index in [0.717, 1.165) is 0 Å². The normalized spacial score (nSPS) is 10.8. The molecule has 0 unspecified atom stereocenters. The van der Waals surface area contributed by atoms with Gasteiger partial charge in [0.1, 0.15) is 0 Å². The maximum Gasteiger partial charge on any atom is -0.0175 e. The van der Waals surface area contributed by atoms with Crippen molar-refractivity contribution in [1.82, 2.24) is 0 Å². The summed E-state index contributed by atoms with van der Waals surface area (Å²) in [5.41, 5.74) is 16.1. The molecule has 0 spiro atoms. The Kier molecular flexibility index (Phi) is 12.3. The van der Waals surface area contributed by atoms with Crippen molar-refractivity contribution in [2.24, 2.45) is 0 Å². The number of aryl methyl sites for hydroxylation is 6. The van der Waals surface area contributed by atoms with Gasteiger partial charge >= 0.3 is 0 Å². The quantitative estimate of drug-likeness (QED) is 0.184. The van der Waals surface area contributed by atoms with Gasteiger partial charge in [-0.3, -0.25) is 0 Å². The van der Waals surface area contributed by atoms with Crippen molar-refractivity contribution < 1.29 is 0 Å². The minimum absolute atomic E-state index is 1.27. The van der Waals surface area contributed by atoms with Gasteiger partial charge in [-0.05, 0) is 96.7 Å². The Balaban J connectivity index is 0.000000134. The molecule has 1 aliphatic carbocycles. The second kappa shape index (κ2) is 17.5. The van der Waals surface area contributed by atoms with Crippen LogP contribution in [-0.4, -0.2) is 0 Å². The summed E-state index contributed by atoms with van der Waals surface area (Å²) >= 11 is 0. The zero-order valence-corrected chi connectivity index (χ0v) is 28.7. The molecule has 0 aromatic heterocycles. The van der Waals surface area contributed by atoms with Crippen LogP contribution in [0.15, 0.2) is 182 Å². The van der Waals surface area contributed by atoms with E-state index in [4.69, 9.17) is 0 Å². The lowest BCUT2D eigenvalue weighted by atomic mass is 9.88. The molecule has 7 aromatic rings. The zero-order valence-electron chi connectivity index (χ0n) is 28.7. The standard InChI is InChI=1S/C19H16.C13H12.C9H10.C7H8/c1-15-12-18(16-8-4-2-5-9-16)14-19(13-15)17-10-6-3-7-11-17;1-11-7-9-13(10-8-11)12-5-3-2-4-6-12;1-7-2-3-8-4-5-9(8)6-7;1-7-5-3-2-4-6-7/h2-14H,1H3;2-10H,1H3;2-3,6H,4-5H2,1H3;2-6H,1H3. The van der Waals surface area contributed by atoms with Crippen molar-refractivity contribution in [1.29, 1.82) is 0 Å². The smallest absolute Gasteiger partial charge is 0.0175 e. The molecule has 238 valence electrons. The van der Waals surface area contributed by atoms with Crippen molar-refractivity contribution in [3.8, 4) is 33.4 Å². The zero-order chi connectivity index (χ0) is 33.6. The highest BCUT2D eigenvalue weighted by molar-refractivity contribution is 5.74. The van der Waals surface area contributed by atoms with Crippen LogP contribution in [0.25, 0.3) is 33.4 Å². The summed E-state index contributed by atoms with van der Waals surface area (Å²) in [7, 11) is 0. The Morgan fingerprint density at radius 3 is 1.00 bits per heavy atom. The van der Waals surface area contributed by atoms with E-state index in [-0.39, 0.29) is 0 Å². The van der Waals surface area contributed by atoms with Crippen molar-refractivity contribution in [2.45, 2.75) is 40.5 Å². The maximum atomic E-state index is 2.29. The van der Waals surface area contributed by atoms with Gasteiger partial charge in [0, 0.05) is 0 Å². The molecule has 48 heavy (non-hydrogen) atoms. The highest BCUT2D eigenvalue weighted by Crippen LogP contribution is 2.28. The van der Waals surface area contributed by atoms with Crippen LogP contribution >= 0.6 is 0 Å². The number of hydrogen-bond donors (Lipinski definition) is 0. The van der Waals surface area contributed by atoms with Gasteiger partial charge in [-0.15, -0.1) is 0 Å². The Labute approximate surface area is 288 Å². The van der Waals surface area contributed by atoms with E-state index in [1.807, 2.05) is 24.3 Å². The molecule has 0 amide bonds. The summed E-state index contributed by atoms with van der Waals surface area (Å²) in [6.45, 7) is 8.49. The van der Waals surface area contributed by atoms with Gasteiger partial charge in [0.05, 0.1) is 0 Å². The third-order valence-corrected chi connectivity index (χ3v) is 8.42. The molecule has 0 atom stereocenters. The molecular weight excluding hydrogens is 577 g/mol. The van der Waals surface area contributed by atoms with E-state index in [2.05, 4.69) is 185 Å². The molecule has 0 radical (unpaired) electrons. The average molecular weight is 623 g/mol. The van der Waals surface area contributed by atoms with Crippen molar-refractivity contribution >= 4 is 0 Å². The molecule has 0 heterocycles. The molecule has 0 fully saturated rings. The van der Waals surface area contributed by atoms with E-state index in [0.29, 0.717) is 0 Å². The van der Waals surface area contributed by atoms with Crippen molar-refractivity contribution in [3.63, 3.8) is 0 Å². The first-order chi connectivity index (χ1) is 23.4. The van der Waals surface area contributed by atoms with E-state index in [1.165, 1.54) is 68.5 Å². The monoisotopic (exact) mass is 622 g/mol. The molecule has 7 aromatic carbocycles. The lowest BCUT2D eigenvalue weighted by Crippen LogP contribution is -2.07. The van der Waals surface area contributed by atoms with Gasteiger partial charge in [0.2, 0.25) is 0 Å². The fourth-order valence-corrected chi connectivity index (χ4v) is 5.61. The van der Waals surface area contributed by atoms with Gasteiger partial charge < -0.3 is 0 Å². The van der Waals surface area contributed by atoms with Crippen LogP contribution in [0.2, 0.25) is 0 Å². The Morgan fingerprint density at radius 2 is 0.625 bits per heavy atom. The first-order valence-electron chi connectivity index (χ1n) is 16.9. The second-order valence-electron chi connectivity index (χ2n) is 12.5. The van der Waals surface area contributed by atoms with Crippen LogP contribution < -0.4 is 0 Å². The molecular formula is C48H46. The van der Waals surface area contributed by atoms with E-state index >= 15 is 0 Å². The first-order valence-corrected chi connectivity index (χ1v) is 16.9. The fraction of sp³-hybridized carbons (Fsp3) is 0.125. The fourth-order valence-electron chi connectivity index (χ4n) is 5.61. The first kappa shape index (κ1) is 33.9. The van der Waals surface area contributed by atoms with Crippen molar-refractivity contribution in [2.75, 3.05) is 0 Å². The summed E-state index contributed by atoms with van der Waals surface area (Å²) < 4.78 is 0. The highest BCUT2D eigenvalue weighted by atomic mass is 14.2. The Hall–Kier alpha value is -5.46. The molecule has 0 bridgehead atoms. The number of rotatable bonds is 3. The van der Waals surface area contributed by atoms with Crippen molar-refractivity contribution in [3.05, 3.63) is 215 Å². The lowest BCUT2D eigenvalue weighted by Gasteiger charge is -2.18. The SMILES string of the molecule is Cc1cc(-c2ccccc2)cc(-c2ccccc2)c1.Cc1ccc(-c2ccccc2)cc1.Cc1ccc2c(c1)CC2.Cc1ccccc1. The maximum absolute atomic E-state index is 2.29. The van der Waals surface area contributed by atoms with Crippen LogP contribution in [0.3, 0.4) is 0 Å². The summed E-state index contributed by atoms with van der Waals surface area (Å²) in [5, 5.41) is 0. The number of fused-ring (bicyclic) bond motifs is 1. The van der Waals surface area contributed by atoms with E-state index in [1.54, 1.807) is 11.1 Å². The van der Waals surface area contributed by atoms with Gasteiger partial charge in [-0.1, -0.05) is 193 Å². The minimum atomic E-state index is 1.27. The van der Waals surface area contributed by atoms with Gasteiger partial charge in [-0.25, -0.2) is 0 Å². The van der Waals surface area contributed by atoms with E-state index < -0.39 is 0 Å². The Morgan fingerprint density at radius 1 is 0.250 bits per heavy atom. The second-order valence-corrected chi connectivity index (χ2v) is 12.5. The lowest BCUT2D eigenvalue weighted by molar-refractivity contribution is 0.837. The highest BCUT2D eigenvalue weighted by Gasteiger charge is 2.10. The van der Waals surface area contributed by atoms with Crippen LogP contribution in [0, 0.1) is 27.7 Å². The average Bonchev–Trinajstić information content (AvgIpc) is 3.12. The summed E-state index contributed by atoms with van der Waals surface area (Å²) in [5.74, 6) is 0. The number of benzene rings is 7. The Bertz CT molecular complexity index is 1900. The van der Waals surface area contributed by atoms with Gasteiger partial charge in [0.25, 0.3) is 0 Å². The molecule has 0 saturated heterocycles. The largest absolute Gasteiger partial charge is 0.0622 e. The minimum Gasteiger partial charge on any atom is -0.0622 e. The topological polar surface area (TPSA) is 0 Å². The predicted octanol–water partition coefficient (Wildman–Crippen LogP) is 13.1. The van der Waals surface area contributed by atoms with Crippen LogP contribution in [0.1, 0.15) is 33.4 Å². The third kappa shape index (κ3) is 10.3. The number of hydrogen-bond acceptors (Lipinski definition) is 0. The summed E-state index contributed by atoms with van der Waals surface area (Å²) in [6, 6.07) is 63.8. The van der Waals surface area contributed by atoms with Crippen LogP contribution in [-0.2, 0) is 12.8 Å². The third-order valence-electron chi connectivity index (χ3n) is 8.42. The molecule has 8 rings (SSSR count). The molecule has 1 aliphatic rings. The molecule has 0 aliphatic heterocycles. The molecule has 0 nitrogen and oxygen atoms in total. The van der Waals surface area contributed by atoms with E-state index in [9.17, 15) is 0 Å². The molecule has 0 saturated carbocycles. The predicted molar refractivity (Wildman–Crippen MR) is 208 cm³/mol. The molecule has 0 heteroatoms. The van der Waals surface area contributed by atoms with Gasteiger partial charge in [-0.2, -0.15) is 0 Å². The van der Waals surface area contributed by atoms with Gasteiger partial charge in [0.15, 0.2) is 0 Å². The summed E-state index contributed by atoms with van der Waals surface area (Å²) in [6.07, 6.45) is 2.60. The van der Waals surface area contributed by atoms with Crippen LogP contribution in [0.4, 0.5) is 0 Å². The summed E-state index contributed by atoms with van der Waals surface area (Å²) in [4.78, 5) is 0. The molecule has 0 N–H and O–H groups in total.